The molecule has 16 heteroatoms. The van der Waals surface area contributed by atoms with E-state index in [1.807, 2.05) is 0 Å². The number of hydrogen-bond acceptors (Lipinski definition) is 15. The number of hydrogen-bond donors (Lipinski definition) is 0. The summed E-state index contributed by atoms with van der Waals surface area (Å²) in [7, 11) is 0. The van der Waals surface area contributed by atoms with Gasteiger partial charge in [0, 0.05) is 6.61 Å². The van der Waals surface area contributed by atoms with Crippen LogP contribution >= 0.6 is 0 Å². The minimum Gasteiger partial charge on any atom is -0.379 e. The Morgan fingerprint density at radius 1 is 0.339 bits per heavy atom. The number of ether oxygens (including phenoxy) is 13. The van der Waals surface area contributed by atoms with Crippen LogP contribution in [0.1, 0.15) is 53.3 Å². The number of amides is 2. The Morgan fingerprint density at radius 3 is 0.857 bits per heavy atom. The van der Waals surface area contributed by atoms with Crippen molar-refractivity contribution in [3.63, 3.8) is 0 Å². The molecule has 1 aromatic rings. The van der Waals surface area contributed by atoms with Crippen LogP contribution in [-0.4, -0.2) is 195 Å². The maximum atomic E-state index is 12.3. The Bertz CT molecular complexity index is 1020. The van der Waals surface area contributed by atoms with Crippen LogP contribution in [-0.2, 0) is 61.6 Å². The third kappa shape index (κ3) is 27.5. The van der Waals surface area contributed by atoms with Gasteiger partial charge in [-0.3, -0.25) is 14.5 Å². The summed E-state index contributed by atoms with van der Waals surface area (Å²) in [6, 6.07) is 6.82. The highest BCUT2D eigenvalue weighted by Crippen LogP contribution is 2.21. The first-order valence-corrected chi connectivity index (χ1v) is 20.2. The van der Waals surface area contributed by atoms with Crippen LogP contribution in [0.15, 0.2) is 24.3 Å². The zero-order valence-corrected chi connectivity index (χ0v) is 33.8. The minimum absolute atomic E-state index is 0.213. The Balaban J connectivity index is 1.14. The fraction of sp³-hybridized carbons (Fsp3) is 0.800. The standard InChI is InChI=1S/C40H69NO15/c1-2-3-4-7-11-44-13-15-46-17-19-48-21-23-50-25-27-52-29-31-54-33-35-56-36-34-55-32-30-53-28-26-51-24-22-49-20-18-47-16-14-45-12-10-41-39(42)37-8-5-6-9-38(37)40(41)43/h5-6,8-9H,2-4,7,10-36H2,1H3. The number of benzene rings is 1. The van der Waals surface area contributed by atoms with Gasteiger partial charge in [0.1, 0.15) is 0 Å². The monoisotopic (exact) mass is 803 g/mol. The third-order valence-corrected chi connectivity index (χ3v) is 7.94. The van der Waals surface area contributed by atoms with Crippen LogP contribution in [0, 0.1) is 0 Å². The first-order chi connectivity index (χ1) is 27.8. The number of rotatable bonds is 44. The quantitative estimate of drug-likeness (QED) is 0.0700. The number of carbonyl (C=O) groups excluding carboxylic acids is 2. The molecule has 0 unspecified atom stereocenters. The summed E-state index contributed by atoms with van der Waals surface area (Å²) in [5.74, 6) is -0.557. The van der Waals surface area contributed by atoms with E-state index < -0.39 is 0 Å². The van der Waals surface area contributed by atoms with Crippen molar-refractivity contribution < 1.29 is 71.2 Å². The molecular weight excluding hydrogens is 734 g/mol. The highest BCUT2D eigenvalue weighted by molar-refractivity contribution is 6.21. The molecule has 0 spiro atoms. The van der Waals surface area contributed by atoms with Gasteiger partial charge in [-0.25, -0.2) is 0 Å². The van der Waals surface area contributed by atoms with E-state index in [1.54, 1.807) is 24.3 Å². The first kappa shape index (κ1) is 50.0. The average molecular weight is 804 g/mol. The van der Waals surface area contributed by atoms with Gasteiger partial charge in [-0.05, 0) is 18.6 Å². The van der Waals surface area contributed by atoms with E-state index in [-0.39, 0.29) is 25.0 Å². The SMILES string of the molecule is CCCCCCOCCOCCOCCOCCOCCOCCOCCOCCOCCOCCOCCOCCOCCN1C(=O)c2ccccc2C1=O. The largest absolute Gasteiger partial charge is 0.379 e. The van der Waals surface area contributed by atoms with Crippen molar-refractivity contribution in [2.24, 2.45) is 0 Å². The summed E-state index contributed by atoms with van der Waals surface area (Å²) >= 11 is 0. The smallest absolute Gasteiger partial charge is 0.261 e. The van der Waals surface area contributed by atoms with Gasteiger partial charge in [-0.15, -0.1) is 0 Å². The summed E-state index contributed by atoms with van der Waals surface area (Å²) in [5, 5.41) is 0. The lowest BCUT2D eigenvalue weighted by molar-refractivity contribution is -0.0291. The molecule has 0 aromatic heterocycles. The van der Waals surface area contributed by atoms with Gasteiger partial charge in [-0.1, -0.05) is 38.3 Å². The lowest BCUT2D eigenvalue weighted by atomic mass is 10.1. The fourth-order valence-electron chi connectivity index (χ4n) is 4.97. The molecular formula is C40H69NO15. The lowest BCUT2D eigenvalue weighted by Gasteiger charge is -2.13. The normalized spacial score (nSPS) is 12.7. The molecule has 324 valence electrons. The van der Waals surface area contributed by atoms with Gasteiger partial charge in [-0.2, -0.15) is 0 Å². The summed E-state index contributed by atoms with van der Waals surface area (Å²) in [6.07, 6.45) is 4.87. The van der Waals surface area contributed by atoms with Gasteiger partial charge in [0.2, 0.25) is 0 Å². The number of fused-ring (bicyclic) bond motifs is 1. The summed E-state index contributed by atoms with van der Waals surface area (Å²) < 4.78 is 71.4. The van der Waals surface area contributed by atoms with Crippen LogP contribution in [0.2, 0.25) is 0 Å². The number of nitrogens with zero attached hydrogens (tertiary/aromatic N) is 1. The summed E-state index contributed by atoms with van der Waals surface area (Å²) in [4.78, 5) is 25.9. The Hall–Kier alpha value is -2.16. The van der Waals surface area contributed by atoms with E-state index in [0.29, 0.717) is 170 Å². The molecule has 1 aromatic carbocycles. The first-order valence-electron chi connectivity index (χ1n) is 20.2. The maximum Gasteiger partial charge on any atom is 0.261 e. The maximum absolute atomic E-state index is 12.3. The Labute approximate surface area is 333 Å². The lowest BCUT2D eigenvalue weighted by Crippen LogP contribution is -2.33. The van der Waals surface area contributed by atoms with Crippen molar-refractivity contribution in [1.29, 1.82) is 0 Å². The molecule has 0 atom stereocenters. The van der Waals surface area contributed by atoms with Gasteiger partial charge in [0.25, 0.3) is 11.8 Å². The van der Waals surface area contributed by atoms with Crippen LogP contribution < -0.4 is 0 Å². The van der Waals surface area contributed by atoms with Crippen molar-refractivity contribution >= 4 is 11.8 Å². The second-order valence-corrected chi connectivity index (χ2v) is 12.3. The molecule has 1 heterocycles. The van der Waals surface area contributed by atoms with E-state index >= 15 is 0 Å². The highest BCUT2D eigenvalue weighted by atomic mass is 16.6. The van der Waals surface area contributed by atoms with Crippen LogP contribution in [0.5, 0.6) is 0 Å². The predicted molar refractivity (Wildman–Crippen MR) is 207 cm³/mol. The fourth-order valence-corrected chi connectivity index (χ4v) is 4.97. The van der Waals surface area contributed by atoms with Crippen molar-refractivity contribution in [1.82, 2.24) is 4.90 Å². The van der Waals surface area contributed by atoms with Crippen molar-refractivity contribution in [3.8, 4) is 0 Å². The van der Waals surface area contributed by atoms with Crippen LogP contribution in [0.4, 0.5) is 0 Å². The topological polar surface area (TPSA) is 157 Å². The molecule has 16 nitrogen and oxygen atoms in total. The number of carbonyl (C=O) groups is 2. The van der Waals surface area contributed by atoms with Crippen LogP contribution in [0.25, 0.3) is 0 Å². The molecule has 2 rings (SSSR count). The van der Waals surface area contributed by atoms with Crippen LogP contribution in [0.3, 0.4) is 0 Å². The molecule has 0 radical (unpaired) electrons. The molecule has 0 aliphatic carbocycles. The molecule has 1 aliphatic heterocycles. The van der Waals surface area contributed by atoms with E-state index in [1.165, 1.54) is 24.2 Å². The summed E-state index contributed by atoms with van der Waals surface area (Å²) in [6.45, 7) is 15.4. The van der Waals surface area contributed by atoms with E-state index in [4.69, 9.17) is 61.6 Å². The zero-order valence-electron chi connectivity index (χ0n) is 33.8. The predicted octanol–water partition coefficient (Wildman–Crippen LogP) is 3.08. The summed E-state index contributed by atoms with van der Waals surface area (Å²) in [5.41, 5.74) is 0.882. The Kier molecular flexibility index (Phi) is 34.2. The third-order valence-electron chi connectivity index (χ3n) is 7.94. The molecule has 0 bridgehead atoms. The van der Waals surface area contributed by atoms with Crippen molar-refractivity contribution in [2.45, 2.75) is 32.6 Å². The molecule has 2 amide bonds. The zero-order chi connectivity index (χ0) is 39.8. The Morgan fingerprint density at radius 2 is 0.589 bits per heavy atom. The second kappa shape index (κ2) is 38.4. The van der Waals surface area contributed by atoms with E-state index in [9.17, 15) is 9.59 Å². The number of imide groups is 1. The van der Waals surface area contributed by atoms with Gasteiger partial charge in [0.05, 0.1) is 183 Å². The second-order valence-electron chi connectivity index (χ2n) is 12.3. The minimum atomic E-state index is -0.278. The molecule has 1 aliphatic rings. The van der Waals surface area contributed by atoms with Gasteiger partial charge in [0.15, 0.2) is 0 Å². The van der Waals surface area contributed by atoms with E-state index in [0.717, 1.165) is 13.0 Å². The van der Waals surface area contributed by atoms with Gasteiger partial charge < -0.3 is 61.6 Å². The van der Waals surface area contributed by atoms with Crippen molar-refractivity contribution in [3.05, 3.63) is 35.4 Å². The van der Waals surface area contributed by atoms with Crippen molar-refractivity contribution in [2.75, 3.05) is 178 Å². The molecule has 0 saturated heterocycles. The highest BCUT2D eigenvalue weighted by Gasteiger charge is 2.34. The molecule has 56 heavy (non-hydrogen) atoms. The average Bonchev–Trinajstić information content (AvgIpc) is 3.45. The molecule has 0 fully saturated rings. The van der Waals surface area contributed by atoms with Gasteiger partial charge >= 0.3 is 0 Å². The number of unbranched alkanes of at least 4 members (excludes halogenated alkanes) is 3. The molecule has 0 N–H and O–H groups in total. The molecule has 0 saturated carbocycles. The van der Waals surface area contributed by atoms with E-state index in [2.05, 4.69) is 6.92 Å².